The van der Waals surface area contributed by atoms with Crippen LogP contribution in [0.25, 0.3) is 66.4 Å². The second kappa shape index (κ2) is 8.71. The number of H-pyrrole nitrogens is 4. The van der Waals surface area contributed by atoms with Gasteiger partial charge in [-0.3, -0.25) is 10.2 Å². The Balaban J connectivity index is 1.16. The molecule has 41 heavy (non-hydrogen) atoms. The third-order valence-electron chi connectivity index (χ3n) is 7.37. The first-order valence-electron chi connectivity index (χ1n) is 12.6. The lowest BCUT2D eigenvalue weighted by atomic mass is 10.1. The number of nitrogens with zero attached hydrogens (tertiary/aromatic N) is 2. The number of hydrogen-bond donors (Lipinski definition) is 4. The maximum absolute atomic E-state index is 13.7. The van der Waals surface area contributed by atoms with Crippen LogP contribution in [0.3, 0.4) is 0 Å². The number of aromatic nitrogens is 6. The van der Waals surface area contributed by atoms with Crippen molar-refractivity contribution < 1.29 is 8.42 Å². The Morgan fingerprint density at radius 3 is 1.46 bits per heavy atom. The fourth-order valence-electron chi connectivity index (χ4n) is 5.34. The van der Waals surface area contributed by atoms with Crippen molar-refractivity contribution in [2.75, 3.05) is 0 Å². The Kier molecular flexibility index (Phi) is 5.15. The minimum atomic E-state index is -3.79. The minimum absolute atomic E-state index is 0.208. The van der Waals surface area contributed by atoms with E-state index >= 15 is 0 Å². The van der Waals surface area contributed by atoms with Gasteiger partial charge in [0.15, 0.2) is 0 Å². The van der Waals surface area contributed by atoms with E-state index in [0.717, 1.165) is 66.4 Å². The van der Waals surface area contributed by atoms with E-state index in [0.29, 0.717) is 10.0 Å². The van der Waals surface area contributed by atoms with Crippen LogP contribution in [0.2, 0.25) is 10.0 Å². The van der Waals surface area contributed by atoms with Gasteiger partial charge in [-0.05, 0) is 84.9 Å². The van der Waals surface area contributed by atoms with E-state index in [9.17, 15) is 8.42 Å². The predicted molar refractivity (Wildman–Crippen MR) is 162 cm³/mol. The third kappa shape index (κ3) is 3.85. The third-order valence-corrected chi connectivity index (χ3v) is 9.58. The predicted octanol–water partition coefficient (Wildman–Crippen LogP) is 7.88. The number of benzene rings is 4. The monoisotopic (exact) mass is 596 g/mol. The molecule has 0 fully saturated rings. The van der Waals surface area contributed by atoms with E-state index in [4.69, 9.17) is 23.2 Å². The fraction of sp³-hybridized carbons (Fsp3) is 0. The Morgan fingerprint density at radius 2 is 1.00 bits per heavy atom. The van der Waals surface area contributed by atoms with Gasteiger partial charge in [0.05, 0.1) is 32.2 Å². The molecule has 8 aromatic rings. The second-order valence-corrected chi connectivity index (χ2v) is 12.7. The van der Waals surface area contributed by atoms with Gasteiger partial charge in [0.1, 0.15) is 11.4 Å². The zero-order valence-electron chi connectivity index (χ0n) is 21.0. The van der Waals surface area contributed by atoms with Crippen molar-refractivity contribution >= 4 is 76.7 Å². The molecule has 200 valence electrons. The van der Waals surface area contributed by atoms with Crippen LogP contribution in [0.5, 0.6) is 0 Å². The normalized spacial score (nSPS) is 12.3. The van der Waals surface area contributed by atoms with Crippen LogP contribution in [-0.2, 0) is 9.84 Å². The molecule has 0 aliphatic rings. The van der Waals surface area contributed by atoms with Crippen molar-refractivity contribution in [1.82, 2.24) is 30.4 Å². The molecule has 0 unspecified atom stereocenters. The summed E-state index contributed by atoms with van der Waals surface area (Å²) < 4.78 is 27.5. The van der Waals surface area contributed by atoms with Crippen molar-refractivity contribution in [3.63, 3.8) is 0 Å². The average molecular weight is 597 g/mol. The molecular formula is C30H18Cl2N6O2S. The molecule has 0 atom stereocenters. The molecule has 8 nitrogen and oxygen atoms in total. The van der Waals surface area contributed by atoms with Crippen LogP contribution in [-0.4, -0.2) is 38.8 Å². The number of sulfone groups is 1. The zero-order chi connectivity index (χ0) is 27.9. The molecule has 4 N–H and O–H groups in total. The van der Waals surface area contributed by atoms with Crippen molar-refractivity contribution in [3.05, 3.63) is 95.0 Å². The largest absolute Gasteiger partial charge is 0.353 e. The second-order valence-electron chi connectivity index (χ2n) is 9.89. The van der Waals surface area contributed by atoms with E-state index in [1.54, 1.807) is 36.4 Å². The summed E-state index contributed by atoms with van der Waals surface area (Å²) >= 11 is 12.2. The van der Waals surface area contributed by atoms with Crippen molar-refractivity contribution in [2.24, 2.45) is 0 Å². The molecule has 0 bridgehead atoms. The molecule has 4 aromatic heterocycles. The summed E-state index contributed by atoms with van der Waals surface area (Å²) in [4.78, 5) is 7.11. The van der Waals surface area contributed by atoms with Crippen molar-refractivity contribution in [3.8, 4) is 22.8 Å². The summed E-state index contributed by atoms with van der Waals surface area (Å²) in [5, 5.41) is 19.5. The molecule has 0 aliphatic heterocycles. The molecule has 4 aromatic carbocycles. The van der Waals surface area contributed by atoms with E-state index in [-0.39, 0.29) is 9.79 Å². The first-order valence-corrected chi connectivity index (χ1v) is 14.9. The van der Waals surface area contributed by atoms with Gasteiger partial charge in [-0.25, -0.2) is 8.42 Å². The maximum atomic E-state index is 13.7. The highest BCUT2D eigenvalue weighted by Crippen LogP contribution is 2.34. The molecule has 0 amide bonds. The summed E-state index contributed by atoms with van der Waals surface area (Å²) in [6.45, 7) is 0. The number of halogens is 2. The molecule has 0 saturated carbocycles. The van der Waals surface area contributed by atoms with E-state index in [1.165, 1.54) is 0 Å². The number of aromatic amines is 4. The molecule has 0 radical (unpaired) electrons. The zero-order valence-corrected chi connectivity index (χ0v) is 23.3. The quantitative estimate of drug-likeness (QED) is 0.165. The summed E-state index contributed by atoms with van der Waals surface area (Å²) in [6.07, 6.45) is 0. The topological polar surface area (TPSA) is 123 Å². The van der Waals surface area contributed by atoms with Crippen LogP contribution in [0.4, 0.5) is 0 Å². The lowest BCUT2D eigenvalue weighted by molar-refractivity contribution is 0.596. The van der Waals surface area contributed by atoms with Gasteiger partial charge in [0.25, 0.3) is 0 Å². The SMILES string of the molecule is O=S(=O)(c1ccc2[nH]c(-c3n[nH]c4cc(Cl)ccc34)cc2c1)c1ccc2[nH]c(-c3n[nH]c4cc(Cl)ccc34)cc2c1. The van der Waals surface area contributed by atoms with Gasteiger partial charge in [-0.15, -0.1) is 0 Å². The number of rotatable bonds is 4. The van der Waals surface area contributed by atoms with Gasteiger partial charge in [0, 0.05) is 42.6 Å². The molecule has 4 heterocycles. The van der Waals surface area contributed by atoms with Gasteiger partial charge < -0.3 is 9.97 Å². The van der Waals surface area contributed by atoms with Crippen LogP contribution >= 0.6 is 23.2 Å². The first-order chi connectivity index (χ1) is 19.8. The Bertz CT molecular complexity index is 2270. The standard InChI is InChI=1S/C30H18Cl2N6O2S/c31-17-1-5-21-25(13-17)35-37-29(21)27-11-15-9-19(3-7-23(15)33-27)41(39,40)20-4-8-24-16(10-20)12-28(34-24)30-22-6-2-18(32)14-26(22)36-38-30/h1-14,33-34H,(H,35,37)(H,36,38). The first kappa shape index (κ1) is 24.2. The summed E-state index contributed by atoms with van der Waals surface area (Å²) in [5.74, 6) is 0. The highest BCUT2D eigenvalue weighted by molar-refractivity contribution is 7.91. The summed E-state index contributed by atoms with van der Waals surface area (Å²) in [6, 6.07) is 25.0. The molecule has 0 saturated heterocycles. The molecule has 8 rings (SSSR count). The Hall–Kier alpha value is -4.57. The number of fused-ring (bicyclic) bond motifs is 4. The van der Waals surface area contributed by atoms with Crippen LogP contribution < -0.4 is 0 Å². The van der Waals surface area contributed by atoms with Crippen molar-refractivity contribution in [2.45, 2.75) is 9.79 Å². The minimum Gasteiger partial charge on any atom is -0.353 e. The van der Waals surface area contributed by atoms with Gasteiger partial charge in [-0.1, -0.05) is 23.2 Å². The highest BCUT2D eigenvalue weighted by atomic mass is 35.5. The lowest BCUT2D eigenvalue weighted by Gasteiger charge is -2.05. The van der Waals surface area contributed by atoms with E-state index in [1.807, 2.05) is 48.5 Å². The average Bonchev–Trinajstić information content (AvgIpc) is 3.74. The smallest absolute Gasteiger partial charge is 0.206 e. The summed E-state index contributed by atoms with van der Waals surface area (Å²) in [7, 11) is -3.79. The molecular weight excluding hydrogens is 579 g/mol. The van der Waals surface area contributed by atoms with Crippen LogP contribution in [0.1, 0.15) is 0 Å². The van der Waals surface area contributed by atoms with Gasteiger partial charge in [0.2, 0.25) is 9.84 Å². The van der Waals surface area contributed by atoms with Gasteiger partial charge in [-0.2, -0.15) is 10.2 Å². The summed E-state index contributed by atoms with van der Waals surface area (Å²) in [5.41, 5.74) is 6.28. The van der Waals surface area contributed by atoms with E-state index in [2.05, 4.69) is 30.4 Å². The molecule has 11 heteroatoms. The molecule has 0 aliphatic carbocycles. The molecule has 0 spiro atoms. The Labute approximate surface area is 242 Å². The van der Waals surface area contributed by atoms with Gasteiger partial charge >= 0.3 is 0 Å². The van der Waals surface area contributed by atoms with E-state index < -0.39 is 9.84 Å². The highest BCUT2D eigenvalue weighted by Gasteiger charge is 2.21. The number of hydrogen-bond acceptors (Lipinski definition) is 4. The van der Waals surface area contributed by atoms with Crippen molar-refractivity contribution in [1.29, 1.82) is 0 Å². The Morgan fingerprint density at radius 1 is 0.537 bits per heavy atom. The van der Waals surface area contributed by atoms with Crippen LogP contribution in [0, 0.1) is 0 Å². The maximum Gasteiger partial charge on any atom is 0.206 e. The lowest BCUT2D eigenvalue weighted by Crippen LogP contribution is -2.01. The number of nitrogens with one attached hydrogen (secondary N) is 4. The fourth-order valence-corrected chi connectivity index (χ4v) is 7.02. The van der Waals surface area contributed by atoms with Crippen LogP contribution in [0.15, 0.2) is 94.7 Å².